The zero-order valence-corrected chi connectivity index (χ0v) is 17.5. The maximum atomic E-state index is 12.8. The molecule has 2 aromatic heterocycles. The Morgan fingerprint density at radius 1 is 1.19 bits per heavy atom. The first kappa shape index (κ1) is 23.3. The summed E-state index contributed by atoms with van der Waals surface area (Å²) in [5.41, 5.74) is 0.426. The van der Waals surface area contributed by atoms with E-state index in [0.29, 0.717) is 30.3 Å². The number of carboxylic acid groups (broad SMARTS) is 1. The van der Waals surface area contributed by atoms with Crippen LogP contribution in [0.3, 0.4) is 0 Å². The van der Waals surface area contributed by atoms with Crippen LogP contribution in [0.1, 0.15) is 37.4 Å². The number of pyridine rings is 1. The van der Waals surface area contributed by atoms with Gasteiger partial charge >= 0.3 is 12.1 Å². The van der Waals surface area contributed by atoms with Gasteiger partial charge in [0, 0.05) is 36.1 Å². The number of aliphatic carboxylic acids is 1. The molecule has 2 heterocycles. The van der Waals surface area contributed by atoms with Crippen molar-refractivity contribution in [2.75, 3.05) is 6.61 Å². The summed E-state index contributed by atoms with van der Waals surface area (Å²) in [6.07, 6.45) is 1.63. The summed E-state index contributed by atoms with van der Waals surface area (Å²) < 4.78 is 46.1. The Morgan fingerprint density at radius 3 is 2.66 bits per heavy atom. The van der Waals surface area contributed by atoms with Gasteiger partial charge in [-0.05, 0) is 37.0 Å². The normalized spacial score (nSPS) is 12.5. The van der Waals surface area contributed by atoms with Crippen molar-refractivity contribution in [2.24, 2.45) is 5.92 Å². The van der Waals surface area contributed by atoms with Gasteiger partial charge in [-0.3, -0.25) is 9.78 Å². The Bertz CT molecular complexity index is 1030. The van der Waals surface area contributed by atoms with Crippen LogP contribution in [-0.4, -0.2) is 32.2 Å². The molecule has 1 atom stereocenters. The fraction of sp³-hybridized carbons (Fsp3) is 0.348. The number of carboxylic acids is 1. The lowest BCUT2D eigenvalue weighted by Gasteiger charge is -2.14. The van der Waals surface area contributed by atoms with Gasteiger partial charge in [0.25, 0.3) is 0 Å². The summed E-state index contributed by atoms with van der Waals surface area (Å²) in [5, 5.41) is 8.84. The number of carbonyl (C=O) groups is 1. The molecule has 3 aromatic rings. The van der Waals surface area contributed by atoms with Crippen LogP contribution in [-0.2, 0) is 17.5 Å². The molecular formula is C23H24F3N3O3. The van der Waals surface area contributed by atoms with Gasteiger partial charge in [0.2, 0.25) is 0 Å². The standard InChI is InChI=1S/C23H24F3N3O3/c1-16(13-21(30)31)5-4-12-32-19-7-3-2-6-18(19)15-29-11-10-27-22(29)17-8-9-20(28-14-17)23(24,25)26/h2-3,6-11,14,16H,4-5,12-13,15H2,1H3,(H,30,31). The molecule has 0 bridgehead atoms. The topological polar surface area (TPSA) is 77.2 Å². The molecule has 0 radical (unpaired) electrons. The predicted octanol–water partition coefficient (Wildman–Crippen LogP) is 5.28. The van der Waals surface area contributed by atoms with Crippen molar-refractivity contribution in [3.63, 3.8) is 0 Å². The van der Waals surface area contributed by atoms with Crippen molar-refractivity contribution in [1.29, 1.82) is 0 Å². The van der Waals surface area contributed by atoms with Crippen LogP contribution < -0.4 is 4.74 Å². The van der Waals surface area contributed by atoms with E-state index in [0.717, 1.165) is 24.5 Å². The summed E-state index contributed by atoms with van der Waals surface area (Å²) in [4.78, 5) is 18.5. The highest BCUT2D eigenvalue weighted by Gasteiger charge is 2.32. The molecule has 170 valence electrons. The summed E-state index contributed by atoms with van der Waals surface area (Å²) in [5.74, 6) is 0.479. The Balaban J connectivity index is 1.67. The van der Waals surface area contributed by atoms with Crippen molar-refractivity contribution < 1.29 is 27.8 Å². The fourth-order valence-electron chi connectivity index (χ4n) is 3.36. The highest BCUT2D eigenvalue weighted by molar-refractivity contribution is 5.66. The van der Waals surface area contributed by atoms with Crippen LogP contribution in [0.4, 0.5) is 13.2 Å². The van der Waals surface area contributed by atoms with Crippen molar-refractivity contribution in [3.8, 4) is 17.1 Å². The minimum atomic E-state index is -4.49. The highest BCUT2D eigenvalue weighted by atomic mass is 19.4. The summed E-state index contributed by atoms with van der Waals surface area (Å²) in [6.45, 7) is 2.78. The van der Waals surface area contributed by atoms with Crippen LogP contribution in [0.2, 0.25) is 0 Å². The molecule has 1 aromatic carbocycles. The molecular weight excluding hydrogens is 423 g/mol. The number of alkyl halides is 3. The van der Waals surface area contributed by atoms with Gasteiger partial charge in [-0.15, -0.1) is 0 Å². The molecule has 0 amide bonds. The number of ether oxygens (including phenoxy) is 1. The molecule has 0 fully saturated rings. The predicted molar refractivity (Wildman–Crippen MR) is 112 cm³/mol. The number of nitrogens with zero attached hydrogens (tertiary/aromatic N) is 3. The molecule has 3 rings (SSSR count). The third-order valence-electron chi connectivity index (χ3n) is 4.96. The average Bonchev–Trinajstić information content (AvgIpc) is 3.19. The lowest BCUT2D eigenvalue weighted by atomic mass is 10.0. The third-order valence-corrected chi connectivity index (χ3v) is 4.96. The first-order valence-electron chi connectivity index (χ1n) is 10.2. The first-order valence-corrected chi connectivity index (χ1v) is 10.2. The van der Waals surface area contributed by atoms with Crippen LogP contribution in [0, 0.1) is 5.92 Å². The van der Waals surface area contributed by atoms with Gasteiger partial charge in [0.1, 0.15) is 17.3 Å². The Labute approximate surface area is 183 Å². The number of imidazole rings is 1. The minimum Gasteiger partial charge on any atom is -0.493 e. The van der Waals surface area contributed by atoms with E-state index in [4.69, 9.17) is 9.84 Å². The molecule has 0 aliphatic carbocycles. The third kappa shape index (κ3) is 6.32. The zero-order chi connectivity index (χ0) is 23.1. The second kappa shape index (κ2) is 10.3. The molecule has 0 spiro atoms. The molecule has 9 heteroatoms. The second-order valence-electron chi connectivity index (χ2n) is 7.61. The van der Waals surface area contributed by atoms with Crippen LogP contribution >= 0.6 is 0 Å². The minimum absolute atomic E-state index is 0.0807. The average molecular weight is 447 g/mol. The second-order valence-corrected chi connectivity index (χ2v) is 7.61. The summed E-state index contributed by atoms with van der Waals surface area (Å²) in [7, 11) is 0. The molecule has 1 unspecified atom stereocenters. The fourth-order valence-corrected chi connectivity index (χ4v) is 3.36. The zero-order valence-electron chi connectivity index (χ0n) is 17.5. The largest absolute Gasteiger partial charge is 0.493 e. The molecule has 1 N–H and O–H groups in total. The highest BCUT2D eigenvalue weighted by Crippen LogP contribution is 2.29. The lowest BCUT2D eigenvalue weighted by molar-refractivity contribution is -0.141. The van der Waals surface area contributed by atoms with E-state index in [2.05, 4.69) is 9.97 Å². The van der Waals surface area contributed by atoms with Crippen molar-refractivity contribution in [2.45, 2.75) is 38.9 Å². The molecule has 0 aliphatic heterocycles. The van der Waals surface area contributed by atoms with Gasteiger partial charge in [-0.2, -0.15) is 13.2 Å². The number of rotatable bonds is 10. The molecule has 0 saturated carbocycles. The molecule has 32 heavy (non-hydrogen) atoms. The van der Waals surface area contributed by atoms with E-state index in [1.54, 1.807) is 12.4 Å². The first-order chi connectivity index (χ1) is 15.2. The Kier molecular flexibility index (Phi) is 7.50. The van der Waals surface area contributed by atoms with E-state index < -0.39 is 17.8 Å². The number of benzene rings is 1. The van der Waals surface area contributed by atoms with E-state index in [1.165, 1.54) is 12.3 Å². The van der Waals surface area contributed by atoms with Gasteiger partial charge in [0.05, 0.1) is 13.2 Å². The SMILES string of the molecule is CC(CCCOc1ccccc1Cn1ccnc1-c1ccc(C(F)(F)F)nc1)CC(=O)O. The lowest BCUT2D eigenvalue weighted by Crippen LogP contribution is -2.09. The van der Waals surface area contributed by atoms with Gasteiger partial charge in [-0.25, -0.2) is 4.98 Å². The van der Waals surface area contributed by atoms with Gasteiger partial charge in [-0.1, -0.05) is 25.1 Å². The molecule has 0 saturated heterocycles. The molecule has 0 aliphatic rings. The van der Waals surface area contributed by atoms with E-state index >= 15 is 0 Å². The van der Waals surface area contributed by atoms with Crippen molar-refractivity contribution in [3.05, 3.63) is 66.2 Å². The van der Waals surface area contributed by atoms with Crippen molar-refractivity contribution >= 4 is 5.97 Å². The smallest absolute Gasteiger partial charge is 0.433 e. The monoisotopic (exact) mass is 447 g/mol. The van der Waals surface area contributed by atoms with E-state index in [-0.39, 0.29) is 12.3 Å². The maximum Gasteiger partial charge on any atom is 0.433 e. The van der Waals surface area contributed by atoms with E-state index in [1.807, 2.05) is 35.8 Å². The number of hydrogen-bond acceptors (Lipinski definition) is 4. The van der Waals surface area contributed by atoms with Gasteiger partial charge in [0.15, 0.2) is 0 Å². The number of halogens is 3. The van der Waals surface area contributed by atoms with Crippen LogP contribution in [0.5, 0.6) is 5.75 Å². The molecule has 6 nitrogen and oxygen atoms in total. The van der Waals surface area contributed by atoms with Crippen LogP contribution in [0.25, 0.3) is 11.4 Å². The van der Waals surface area contributed by atoms with Crippen molar-refractivity contribution in [1.82, 2.24) is 14.5 Å². The Hall–Kier alpha value is -3.36. The maximum absolute atomic E-state index is 12.8. The van der Waals surface area contributed by atoms with Crippen LogP contribution in [0.15, 0.2) is 55.0 Å². The quantitative estimate of drug-likeness (QED) is 0.428. The number of aromatic nitrogens is 3. The Morgan fingerprint density at radius 2 is 1.97 bits per heavy atom. The summed E-state index contributed by atoms with van der Waals surface area (Å²) >= 11 is 0. The van der Waals surface area contributed by atoms with E-state index in [9.17, 15) is 18.0 Å². The number of para-hydroxylation sites is 1. The number of hydrogen-bond donors (Lipinski definition) is 1. The summed E-state index contributed by atoms with van der Waals surface area (Å²) in [6, 6.07) is 9.81. The van der Waals surface area contributed by atoms with Gasteiger partial charge < -0.3 is 14.4 Å².